The molecule has 0 saturated carbocycles. The highest BCUT2D eigenvalue weighted by molar-refractivity contribution is 5.95. The maximum Gasteiger partial charge on any atom is 0.387 e. The molecule has 0 aliphatic rings. The second-order valence-corrected chi connectivity index (χ2v) is 4.69. The van der Waals surface area contributed by atoms with E-state index in [9.17, 15) is 27.2 Å². The zero-order chi connectivity index (χ0) is 18.4. The van der Waals surface area contributed by atoms with Gasteiger partial charge < -0.3 is 14.8 Å². The van der Waals surface area contributed by atoms with E-state index in [1.807, 2.05) is 0 Å². The van der Waals surface area contributed by atoms with Gasteiger partial charge in [0.1, 0.15) is 17.4 Å². The standard InChI is InChI=1S/C16H11F4NO4/c17-10-5-9(6-11(18)7-10)15(23)24-8-14(22)21-12-1-3-13(4-2-12)25-16(19)20/h1-7,16H,8H2,(H,21,22). The van der Waals surface area contributed by atoms with Crippen molar-refractivity contribution in [2.24, 2.45) is 0 Å². The minimum Gasteiger partial charge on any atom is -0.452 e. The van der Waals surface area contributed by atoms with Crippen molar-refractivity contribution in [2.45, 2.75) is 6.61 Å². The molecule has 0 fully saturated rings. The lowest BCUT2D eigenvalue weighted by Gasteiger charge is -2.08. The summed E-state index contributed by atoms with van der Waals surface area (Å²) in [7, 11) is 0. The lowest BCUT2D eigenvalue weighted by Crippen LogP contribution is -2.21. The molecule has 1 amide bonds. The Hall–Kier alpha value is -3.10. The van der Waals surface area contributed by atoms with Gasteiger partial charge >= 0.3 is 12.6 Å². The van der Waals surface area contributed by atoms with Crippen molar-refractivity contribution in [3.63, 3.8) is 0 Å². The molecule has 0 unspecified atom stereocenters. The average molecular weight is 357 g/mol. The molecule has 0 aliphatic carbocycles. The van der Waals surface area contributed by atoms with Crippen LogP contribution in [0, 0.1) is 11.6 Å². The fourth-order valence-electron chi connectivity index (χ4n) is 1.80. The molecule has 2 rings (SSSR count). The largest absolute Gasteiger partial charge is 0.452 e. The molecule has 0 heterocycles. The van der Waals surface area contributed by atoms with E-state index >= 15 is 0 Å². The van der Waals surface area contributed by atoms with Crippen LogP contribution in [0.25, 0.3) is 0 Å². The lowest BCUT2D eigenvalue weighted by molar-refractivity contribution is -0.119. The quantitative estimate of drug-likeness (QED) is 0.636. The molecule has 0 atom stereocenters. The number of carbonyl (C=O) groups excluding carboxylic acids is 2. The van der Waals surface area contributed by atoms with Crippen molar-refractivity contribution in [2.75, 3.05) is 11.9 Å². The Kier molecular flexibility index (Phi) is 5.93. The number of ether oxygens (including phenoxy) is 2. The predicted octanol–water partition coefficient (Wildman–Crippen LogP) is 3.36. The maximum atomic E-state index is 13.0. The third-order valence-electron chi connectivity index (χ3n) is 2.80. The van der Waals surface area contributed by atoms with Crippen LogP contribution in [0.4, 0.5) is 23.2 Å². The summed E-state index contributed by atoms with van der Waals surface area (Å²) in [5.41, 5.74) is -0.127. The number of anilines is 1. The summed E-state index contributed by atoms with van der Waals surface area (Å²) in [6.07, 6.45) is 0. The molecule has 25 heavy (non-hydrogen) atoms. The van der Waals surface area contributed by atoms with Gasteiger partial charge in [-0.1, -0.05) is 0 Å². The molecule has 0 saturated heterocycles. The topological polar surface area (TPSA) is 64.6 Å². The second-order valence-electron chi connectivity index (χ2n) is 4.69. The van der Waals surface area contributed by atoms with Crippen LogP contribution in [0.3, 0.4) is 0 Å². The number of nitrogens with one attached hydrogen (secondary N) is 1. The average Bonchev–Trinajstić information content (AvgIpc) is 2.53. The number of esters is 1. The highest BCUT2D eigenvalue weighted by Crippen LogP contribution is 2.17. The van der Waals surface area contributed by atoms with Crippen molar-refractivity contribution in [3.05, 3.63) is 59.7 Å². The first kappa shape index (κ1) is 18.2. The van der Waals surface area contributed by atoms with Crippen LogP contribution in [-0.2, 0) is 9.53 Å². The van der Waals surface area contributed by atoms with Crippen LogP contribution in [0.2, 0.25) is 0 Å². The Bertz CT molecular complexity index is 745. The summed E-state index contributed by atoms with van der Waals surface area (Å²) in [6.45, 7) is -3.67. The molecule has 0 bridgehead atoms. The zero-order valence-corrected chi connectivity index (χ0v) is 12.5. The van der Waals surface area contributed by atoms with Crippen LogP contribution in [0.15, 0.2) is 42.5 Å². The van der Waals surface area contributed by atoms with E-state index in [1.165, 1.54) is 24.3 Å². The van der Waals surface area contributed by atoms with E-state index in [0.29, 0.717) is 6.07 Å². The monoisotopic (exact) mass is 357 g/mol. The highest BCUT2D eigenvalue weighted by atomic mass is 19.3. The van der Waals surface area contributed by atoms with Gasteiger partial charge in [-0.3, -0.25) is 4.79 Å². The minimum absolute atomic E-state index is 0.0902. The van der Waals surface area contributed by atoms with Gasteiger partial charge in [-0.15, -0.1) is 0 Å². The van der Waals surface area contributed by atoms with Crippen molar-refractivity contribution >= 4 is 17.6 Å². The van der Waals surface area contributed by atoms with Crippen LogP contribution in [0.5, 0.6) is 5.75 Å². The van der Waals surface area contributed by atoms with Gasteiger partial charge in [0.2, 0.25) is 0 Å². The first-order chi connectivity index (χ1) is 11.8. The Morgan fingerprint density at radius 2 is 1.60 bits per heavy atom. The first-order valence-corrected chi connectivity index (χ1v) is 6.81. The van der Waals surface area contributed by atoms with Gasteiger partial charge in [-0.25, -0.2) is 13.6 Å². The smallest absolute Gasteiger partial charge is 0.387 e. The van der Waals surface area contributed by atoms with Gasteiger partial charge in [-0.2, -0.15) is 8.78 Å². The number of rotatable bonds is 6. The fraction of sp³-hybridized carbons (Fsp3) is 0.125. The zero-order valence-electron chi connectivity index (χ0n) is 12.5. The van der Waals surface area contributed by atoms with Crippen molar-refractivity contribution in [3.8, 4) is 5.75 Å². The van der Waals surface area contributed by atoms with Crippen LogP contribution >= 0.6 is 0 Å². The third-order valence-corrected chi connectivity index (χ3v) is 2.80. The minimum atomic E-state index is -2.97. The first-order valence-electron chi connectivity index (χ1n) is 6.81. The summed E-state index contributed by atoms with van der Waals surface area (Å²) in [5.74, 6) is -3.81. The number of carbonyl (C=O) groups is 2. The normalized spacial score (nSPS) is 10.4. The number of alkyl halides is 2. The van der Waals surface area contributed by atoms with E-state index < -0.39 is 36.7 Å². The number of hydrogen-bond donors (Lipinski definition) is 1. The second kappa shape index (κ2) is 8.13. The predicted molar refractivity (Wildman–Crippen MR) is 78.3 cm³/mol. The van der Waals surface area contributed by atoms with Crippen molar-refractivity contribution < 1.29 is 36.6 Å². The van der Waals surface area contributed by atoms with Gasteiger partial charge in [0.05, 0.1) is 5.56 Å². The molecule has 9 heteroatoms. The van der Waals surface area contributed by atoms with E-state index in [1.54, 1.807) is 0 Å². The number of halogens is 4. The van der Waals surface area contributed by atoms with Gasteiger partial charge in [-0.05, 0) is 36.4 Å². The van der Waals surface area contributed by atoms with E-state index in [4.69, 9.17) is 0 Å². The fourth-order valence-corrected chi connectivity index (χ4v) is 1.80. The van der Waals surface area contributed by atoms with Crippen molar-refractivity contribution in [1.82, 2.24) is 0 Å². The molecule has 0 spiro atoms. The van der Waals surface area contributed by atoms with Gasteiger partial charge in [0.25, 0.3) is 5.91 Å². The number of hydrogen-bond acceptors (Lipinski definition) is 4. The van der Waals surface area contributed by atoms with Crippen LogP contribution in [0.1, 0.15) is 10.4 Å². The summed E-state index contributed by atoms with van der Waals surface area (Å²) in [5, 5.41) is 2.34. The van der Waals surface area contributed by atoms with E-state index in [-0.39, 0.29) is 17.0 Å². The molecule has 5 nitrogen and oxygen atoms in total. The molecular weight excluding hydrogens is 346 g/mol. The Morgan fingerprint density at radius 1 is 1.00 bits per heavy atom. The molecule has 2 aromatic carbocycles. The highest BCUT2D eigenvalue weighted by Gasteiger charge is 2.13. The Labute approximate surface area is 139 Å². The third kappa shape index (κ3) is 5.79. The molecule has 0 aliphatic heterocycles. The van der Waals surface area contributed by atoms with Crippen LogP contribution < -0.4 is 10.1 Å². The molecular formula is C16H11F4NO4. The van der Waals surface area contributed by atoms with E-state index in [2.05, 4.69) is 14.8 Å². The molecule has 1 N–H and O–H groups in total. The van der Waals surface area contributed by atoms with E-state index in [0.717, 1.165) is 12.1 Å². The van der Waals surface area contributed by atoms with Gasteiger partial charge in [0, 0.05) is 11.8 Å². The molecule has 2 aromatic rings. The molecule has 0 aromatic heterocycles. The Morgan fingerprint density at radius 3 is 2.16 bits per heavy atom. The molecule has 0 radical (unpaired) electrons. The summed E-state index contributed by atoms with van der Waals surface area (Å²) in [6, 6.07) is 7.16. The number of amides is 1. The SMILES string of the molecule is O=C(COC(=O)c1cc(F)cc(F)c1)Nc1ccc(OC(F)F)cc1. The summed E-state index contributed by atoms with van der Waals surface area (Å²) >= 11 is 0. The summed E-state index contributed by atoms with van der Waals surface area (Å²) in [4.78, 5) is 23.3. The lowest BCUT2D eigenvalue weighted by atomic mass is 10.2. The van der Waals surface area contributed by atoms with Crippen LogP contribution in [-0.4, -0.2) is 25.1 Å². The van der Waals surface area contributed by atoms with Gasteiger partial charge in [0.15, 0.2) is 6.61 Å². The Balaban J connectivity index is 1.86. The maximum absolute atomic E-state index is 13.0. The summed E-state index contributed by atoms with van der Waals surface area (Å²) < 4.78 is 58.8. The van der Waals surface area contributed by atoms with Crippen molar-refractivity contribution in [1.29, 1.82) is 0 Å². The molecule has 132 valence electrons. The number of benzene rings is 2.